The van der Waals surface area contributed by atoms with Gasteiger partial charge in [0.1, 0.15) is 18.5 Å². The normalized spacial score (nSPS) is 22.2. The number of benzene rings is 2. The Morgan fingerprint density at radius 3 is 2.66 bits per heavy atom. The highest BCUT2D eigenvalue weighted by Crippen LogP contribution is 2.33. The van der Waals surface area contributed by atoms with Crippen molar-refractivity contribution < 1.29 is 42.1 Å². The number of carbonyl (C=O) groups excluding carboxylic acids is 2. The number of nitrogens with one attached hydrogen (secondary N) is 1. The summed E-state index contributed by atoms with van der Waals surface area (Å²) in [5.41, 5.74) is -0.719. The molecule has 0 saturated carbocycles. The second-order valence-corrected chi connectivity index (χ2v) is 8.51. The minimum atomic E-state index is -4.58. The highest BCUT2D eigenvalue weighted by molar-refractivity contribution is 6.05. The van der Waals surface area contributed by atoms with Crippen LogP contribution in [-0.2, 0) is 15.7 Å². The molecule has 0 spiro atoms. The topological polar surface area (TPSA) is 105 Å². The van der Waals surface area contributed by atoms with Crippen LogP contribution in [0, 0.1) is 0 Å². The van der Waals surface area contributed by atoms with E-state index in [2.05, 4.69) is 5.32 Å². The molecule has 2 aliphatic rings. The zero-order valence-corrected chi connectivity index (χ0v) is 18.7. The molecule has 4 rings (SSSR count). The van der Waals surface area contributed by atoms with Crippen molar-refractivity contribution in [2.75, 3.05) is 19.0 Å². The molecule has 2 amide bonds. The van der Waals surface area contributed by atoms with E-state index < -0.39 is 35.8 Å². The quantitative estimate of drug-likeness (QED) is 0.673. The van der Waals surface area contributed by atoms with Crippen LogP contribution in [-0.4, -0.2) is 59.7 Å². The Morgan fingerprint density at radius 2 is 1.94 bits per heavy atom. The Kier molecular flexibility index (Phi) is 6.70. The van der Waals surface area contributed by atoms with Crippen LogP contribution in [0.1, 0.15) is 45.5 Å². The number of carboxylic acids is 1. The van der Waals surface area contributed by atoms with Crippen molar-refractivity contribution in [3.8, 4) is 5.75 Å². The summed E-state index contributed by atoms with van der Waals surface area (Å²) in [6.07, 6.45) is -4.67. The molecule has 1 saturated heterocycles. The number of hydrogen-bond acceptors (Lipinski definition) is 5. The number of halogens is 3. The van der Waals surface area contributed by atoms with Crippen molar-refractivity contribution in [1.29, 1.82) is 0 Å². The van der Waals surface area contributed by atoms with Crippen LogP contribution in [0.2, 0.25) is 0 Å². The molecule has 0 bridgehead atoms. The number of anilines is 1. The van der Waals surface area contributed by atoms with Crippen LogP contribution >= 0.6 is 0 Å². The van der Waals surface area contributed by atoms with Gasteiger partial charge in [0.25, 0.3) is 11.8 Å². The summed E-state index contributed by atoms with van der Waals surface area (Å²) >= 11 is 0. The van der Waals surface area contributed by atoms with Crippen LogP contribution in [0.4, 0.5) is 18.9 Å². The molecule has 186 valence electrons. The maximum atomic E-state index is 13.2. The van der Waals surface area contributed by atoms with Gasteiger partial charge in [-0.3, -0.25) is 14.4 Å². The van der Waals surface area contributed by atoms with Crippen molar-refractivity contribution in [1.82, 2.24) is 4.90 Å². The molecule has 2 aromatic carbocycles. The fourth-order valence-corrected chi connectivity index (χ4v) is 4.34. The highest BCUT2D eigenvalue weighted by Gasteiger charge is 2.39. The summed E-state index contributed by atoms with van der Waals surface area (Å²) in [4.78, 5) is 38.3. The third-order valence-corrected chi connectivity index (χ3v) is 6.12. The summed E-state index contributed by atoms with van der Waals surface area (Å²) in [6, 6.07) is 8.09. The number of fused-ring (bicyclic) bond motifs is 2. The Bertz CT molecular complexity index is 1150. The number of carboxylic acid groups (broad SMARTS) is 1. The second kappa shape index (κ2) is 9.57. The van der Waals surface area contributed by atoms with Gasteiger partial charge >= 0.3 is 12.1 Å². The first-order valence-corrected chi connectivity index (χ1v) is 10.9. The summed E-state index contributed by atoms with van der Waals surface area (Å²) in [5.74, 6) is -1.85. The molecule has 2 aliphatic heterocycles. The Labute approximate surface area is 198 Å². The molecule has 8 nitrogen and oxygen atoms in total. The van der Waals surface area contributed by atoms with E-state index >= 15 is 0 Å². The molecule has 0 aromatic heterocycles. The van der Waals surface area contributed by atoms with E-state index in [1.165, 1.54) is 29.2 Å². The zero-order valence-electron chi connectivity index (χ0n) is 18.7. The van der Waals surface area contributed by atoms with E-state index in [1.54, 1.807) is 7.05 Å². The second-order valence-electron chi connectivity index (χ2n) is 8.51. The molecule has 3 atom stereocenters. The first-order chi connectivity index (χ1) is 16.5. The van der Waals surface area contributed by atoms with Crippen molar-refractivity contribution in [2.45, 2.75) is 43.7 Å². The molecule has 35 heavy (non-hydrogen) atoms. The number of aliphatic carboxylic acids is 1. The third kappa shape index (κ3) is 5.40. The van der Waals surface area contributed by atoms with Gasteiger partial charge in [0.15, 0.2) is 0 Å². The number of ether oxygens (including phenoxy) is 2. The van der Waals surface area contributed by atoms with Gasteiger partial charge in [0, 0.05) is 18.3 Å². The van der Waals surface area contributed by atoms with Gasteiger partial charge in [-0.25, -0.2) is 0 Å². The highest BCUT2D eigenvalue weighted by atomic mass is 19.4. The molecule has 2 heterocycles. The Balaban J connectivity index is 1.53. The molecule has 2 N–H and O–H groups in total. The molecule has 0 unspecified atom stereocenters. The molecule has 0 radical (unpaired) electrons. The average molecular weight is 492 g/mol. The van der Waals surface area contributed by atoms with Crippen molar-refractivity contribution in [2.24, 2.45) is 0 Å². The lowest BCUT2D eigenvalue weighted by Crippen LogP contribution is -2.53. The van der Waals surface area contributed by atoms with Crippen LogP contribution in [0.3, 0.4) is 0 Å². The fourth-order valence-electron chi connectivity index (χ4n) is 4.34. The number of rotatable bonds is 4. The number of amides is 2. The molecular weight excluding hydrogens is 469 g/mol. The largest absolute Gasteiger partial charge is 0.490 e. The van der Waals surface area contributed by atoms with Gasteiger partial charge in [-0.05, 0) is 49.2 Å². The van der Waals surface area contributed by atoms with E-state index in [9.17, 15) is 27.6 Å². The maximum absolute atomic E-state index is 13.2. The molecular formula is C24H23F3N2O6. The third-order valence-electron chi connectivity index (χ3n) is 6.12. The molecule has 1 fully saturated rings. The van der Waals surface area contributed by atoms with Gasteiger partial charge in [-0.1, -0.05) is 6.07 Å². The number of hydrogen-bond donors (Lipinski definition) is 2. The zero-order chi connectivity index (χ0) is 25.3. The first-order valence-electron chi connectivity index (χ1n) is 10.9. The van der Waals surface area contributed by atoms with Gasteiger partial charge in [-0.15, -0.1) is 0 Å². The lowest BCUT2D eigenvalue weighted by molar-refractivity contribution is -0.148. The summed E-state index contributed by atoms with van der Waals surface area (Å²) in [6.45, 7) is 0.0986. The van der Waals surface area contributed by atoms with E-state index in [0.717, 1.165) is 18.2 Å². The number of carbonyl (C=O) groups is 3. The van der Waals surface area contributed by atoms with Crippen LogP contribution < -0.4 is 10.1 Å². The van der Waals surface area contributed by atoms with Crippen LogP contribution in [0.25, 0.3) is 0 Å². The standard InChI is InChI=1S/C24H23F3N2O6/c1-29-18-7-6-16(11-21(30)31)35-20(18)12-34-19-8-5-15(10-17(19)23(29)33)28-22(32)13-3-2-4-14(9-13)24(25,26)27/h2-5,8-10,16,18,20H,6-7,11-12H2,1H3,(H,28,32)(H,30,31)/t16-,18-,20+/m0/s1. The minimum absolute atomic E-state index is 0.0986. The van der Waals surface area contributed by atoms with E-state index in [-0.39, 0.29) is 47.5 Å². The summed E-state index contributed by atoms with van der Waals surface area (Å²) in [5, 5.41) is 11.6. The summed E-state index contributed by atoms with van der Waals surface area (Å²) < 4.78 is 50.6. The van der Waals surface area contributed by atoms with Crippen molar-refractivity contribution in [3.05, 3.63) is 59.2 Å². The SMILES string of the molecule is CN1C(=O)c2cc(NC(=O)c3cccc(C(F)(F)F)c3)ccc2OC[C@H]2O[C@H](CC(=O)O)CC[C@@H]21. The van der Waals surface area contributed by atoms with Gasteiger partial charge < -0.3 is 24.8 Å². The van der Waals surface area contributed by atoms with Crippen molar-refractivity contribution >= 4 is 23.5 Å². The van der Waals surface area contributed by atoms with Crippen LogP contribution in [0.5, 0.6) is 5.75 Å². The average Bonchev–Trinajstić information content (AvgIpc) is 2.81. The summed E-state index contributed by atoms with van der Waals surface area (Å²) in [7, 11) is 1.61. The predicted octanol–water partition coefficient (Wildman–Crippen LogP) is 3.81. The van der Waals surface area contributed by atoms with Crippen molar-refractivity contribution in [3.63, 3.8) is 0 Å². The molecule has 2 aromatic rings. The minimum Gasteiger partial charge on any atom is -0.490 e. The van der Waals surface area contributed by atoms with Crippen LogP contribution in [0.15, 0.2) is 42.5 Å². The first kappa shape index (κ1) is 24.5. The van der Waals surface area contributed by atoms with E-state index in [0.29, 0.717) is 12.8 Å². The van der Waals surface area contributed by atoms with Gasteiger partial charge in [0.2, 0.25) is 0 Å². The lowest BCUT2D eigenvalue weighted by Gasteiger charge is -2.42. The Hall–Kier alpha value is -3.60. The lowest BCUT2D eigenvalue weighted by atomic mass is 9.94. The van der Waals surface area contributed by atoms with Gasteiger partial charge in [-0.2, -0.15) is 13.2 Å². The number of likely N-dealkylation sites (N-methyl/N-ethyl adjacent to an activating group) is 1. The fraction of sp³-hybridized carbons (Fsp3) is 0.375. The Morgan fingerprint density at radius 1 is 1.17 bits per heavy atom. The molecule has 0 aliphatic carbocycles. The molecule has 11 heteroatoms. The number of nitrogens with zero attached hydrogens (tertiary/aromatic N) is 1. The van der Waals surface area contributed by atoms with Gasteiger partial charge in [0.05, 0.1) is 29.7 Å². The van der Waals surface area contributed by atoms with E-state index in [4.69, 9.17) is 14.6 Å². The predicted molar refractivity (Wildman–Crippen MR) is 117 cm³/mol. The number of alkyl halides is 3. The van der Waals surface area contributed by atoms with E-state index in [1.807, 2.05) is 0 Å². The monoisotopic (exact) mass is 492 g/mol. The smallest absolute Gasteiger partial charge is 0.416 e. The maximum Gasteiger partial charge on any atom is 0.416 e.